The summed E-state index contributed by atoms with van der Waals surface area (Å²) >= 11 is 1.66. The molecule has 0 aliphatic carbocycles. The Hall–Kier alpha value is -0.610. The Balaban J connectivity index is 2.81. The summed E-state index contributed by atoms with van der Waals surface area (Å²) in [5.74, 6) is 1.42. The molecule has 0 amide bonds. The van der Waals surface area contributed by atoms with Crippen molar-refractivity contribution in [3.05, 3.63) is 10.6 Å². The molecule has 1 rings (SSSR count). The summed E-state index contributed by atoms with van der Waals surface area (Å²) in [6.07, 6.45) is 3.27. The second-order valence-electron chi connectivity index (χ2n) is 6.23. The van der Waals surface area contributed by atoms with Crippen molar-refractivity contribution in [2.45, 2.75) is 60.5 Å². The van der Waals surface area contributed by atoms with Crippen molar-refractivity contribution in [1.29, 1.82) is 0 Å². The molecule has 116 valence electrons. The van der Waals surface area contributed by atoms with E-state index in [1.807, 2.05) is 0 Å². The Morgan fingerprint density at radius 3 is 2.00 bits per heavy atom. The standard InChI is InChI=1S/C16H30N2OS/c1-6-14-15(11-19)20-16(17-14)18(9-7-12(2)3)10-8-13(4)5/h12-13,19H,6-11H2,1-5H3. The third-order valence-corrected chi connectivity index (χ3v) is 4.61. The van der Waals surface area contributed by atoms with E-state index in [9.17, 15) is 5.11 Å². The molecule has 0 saturated carbocycles. The first-order valence-corrected chi connectivity index (χ1v) is 8.63. The van der Waals surface area contributed by atoms with Crippen molar-refractivity contribution < 1.29 is 5.11 Å². The van der Waals surface area contributed by atoms with Gasteiger partial charge in [-0.1, -0.05) is 46.0 Å². The first kappa shape index (κ1) is 17.4. The molecule has 1 aromatic rings. The first-order valence-electron chi connectivity index (χ1n) is 7.82. The minimum atomic E-state index is 0.114. The molecule has 0 aromatic carbocycles. The van der Waals surface area contributed by atoms with Gasteiger partial charge < -0.3 is 10.0 Å². The number of aryl methyl sites for hydroxylation is 1. The van der Waals surface area contributed by atoms with E-state index in [0.29, 0.717) is 11.8 Å². The van der Waals surface area contributed by atoms with Gasteiger partial charge in [-0.05, 0) is 31.1 Å². The Morgan fingerprint density at radius 2 is 1.65 bits per heavy atom. The lowest BCUT2D eigenvalue weighted by Gasteiger charge is -2.23. The smallest absolute Gasteiger partial charge is 0.185 e. The number of aliphatic hydroxyl groups excluding tert-OH is 1. The van der Waals surface area contributed by atoms with Crippen molar-refractivity contribution >= 4 is 16.5 Å². The molecule has 1 heterocycles. The van der Waals surface area contributed by atoms with Crippen LogP contribution in [0.5, 0.6) is 0 Å². The van der Waals surface area contributed by atoms with Crippen molar-refractivity contribution in [1.82, 2.24) is 4.98 Å². The molecule has 0 unspecified atom stereocenters. The van der Waals surface area contributed by atoms with Crippen molar-refractivity contribution in [2.24, 2.45) is 11.8 Å². The number of nitrogens with zero attached hydrogens (tertiary/aromatic N) is 2. The van der Waals surface area contributed by atoms with E-state index >= 15 is 0 Å². The summed E-state index contributed by atoms with van der Waals surface area (Å²) in [4.78, 5) is 8.18. The molecule has 0 aliphatic rings. The van der Waals surface area contributed by atoms with Crippen LogP contribution < -0.4 is 4.90 Å². The van der Waals surface area contributed by atoms with Gasteiger partial charge >= 0.3 is 0 Å². The zero-order valence-electron chi connectivity index (χ0n) is 13.6. The first-order chi connectivity index (χ1) is 9.47. The minimum Gasteiger partial charge on any atom is -0.391 e. The number of rotatable bonds is 9. The lowest BCUT2D eigenvalue weighted by molar-refractivity contribution is 0.284. The second kappa shape index (κ2) is 8.63. The van der Waals surface area contributed by atoms with E-state index in [2.05, 4.69) is 39.5 Å². The fourth-order valence-electron chi connectivity index (χ4n) is 2.04. The number of hydrogen-bond acceptors (Lipinski definition) is 4. The van der Waals surface area contributed by atoms with Gasteiger partial charge in [0.05, 0.1) is 17.2 Å². The van der Waals surface area contributed by atoms with Gasteiger partial charge in [0, 0.05) is 13.1 Å². The zero-order valence-corrected chi connectivity index (χ0v) is 14.5. The Kier molecular flexibility index (Phi) is 7.52. The van der Waals surface area contributed by atoms with Gasteiger partial charge in [-0.15, -0.1) is 0 Å². The van der Waals surface area contributed by atoms with Crippen LogP contribution >= 0.6 is 11.3 Å². The van der Waals surface area contributed by atoms with Crippen LogP contribution in [0.1, 0.15) is 58.0 Å². The third kappa shape index (κ3) is 5.41. The van der Waals surface area contributed by atoms with Crippen LogP contribution in [0.25, 0.3) is 0 Å². The molecular weight excluding hydrogens is 268 g/mol. The number of aliphatic hydroxyl groups is 1. The van der Waals surface area contributed by atoms with E-state index in [1.165, 1.54) is 12.8 Å². The minimum absolute atomic E-state index is 0.114. The highest BCUT2D eigenvalue weighted by atomic mass is 32.1. The fraction of sp³-hybridized carbons (Fsp3) is 0.812. The van der Waals surface area contributed by atoms with Crippen LogP contribution in [0.3, 0.4) is 0 Å². The monoisotopic (exact) mass is 298 g/mol. The predicted molar refractivity (Wildman–Crippen MR) is 88.5 cm³/mol. The largest absolute Gasteiger partial charge is 0.391 e. The summed E-state index contributed by atoms with van der Waals surface area (Å²) in [6.45, 7) is 13.4. The van der Waals surface area contributed by atoms with E-state index in [1.54, 1.807) is 11.3 Å². The van der Waals surface area contributed by atoms with E-state index < -0.39 is 0 Å². The van der Waals surface area contributed by atoms with Gasteiger partial charge in [-0.2, -0.15) is 0 Å². The SMILES string of the molecule is CCc1nc(N(CCC(C)C)CCC(C)C)sc1CO. The van der Waals surface area contributed by atoms with Gasteiger partial charge in [-0.3, -0.25) is 0 Å². The average Bonchev–Trinajstić information content (AvgIpc) is 2.81. The van der Waals surface area contributed by atoms with Crippen LogP contribution in [-0.2, 0) is 13.0 Å². The lowest BCUT2D eigenvalue weighted by atomic mass is 10.1. The van der Waals surface area contributed by atoms with E-state index in [4.69, 9.17) is 4.98 Å². The fourth-order valence-corrected chi connectivity index (χ4v) is 3.10. The Labute approximate surface area is 128 Å². The molecule has 0 saturated heterocycles. The quantitative estimate of drug-likeness (QED) is 0.746. The number of anilines is 1. The molecule has 0 bridgehead atoms. The number of thiazole rings is 1. The highest BCUT2D eigenvalue weighted by molar-refractivity contribution is 7.15. The van der Waals surface area contributed by atoms with Crippen LogP contribution in [0.2, 0.25) is 0 Å². The highest BCUT2D eigenvalue weighted by Crippen LogP contribution is 2.28. The van der Waals surface area contributed by atoms with Gasteiger partial charge in [0.2, 0.25) is 0 Å². The molecule has 4 heteroatoms. The second-order valence-corrected chi connectivity index (χ2v) is 7.29. The number of aromatic nitrogens is 1. The maximum atomic E-state index is 9.43. The molecule has 20 heavy (non-hydrogen) atoms. The molecule has 1 aromatic heterocycles. The third-order valence-electron chi connectivity index (χ3n) is 3.47. The van der Waals surface area contributed by atoms with Crippen LogP contribution in [-0.4, -0.2) is 23.2 Å². The summed E-state index contributed by atoms with van der Waals surface area (Å²) in [5.41, 5.74) is 1.06. The Morgan fingerprint density at radius 1 is 1.10 bits per heavy atom. The normalized spacial score (nSPS) is 11.6. The summed E-state index contributed by atoms with van der Waals surface area (Å²) in [7, 11) is 0. The van der Waals surface area contributed by atoms with Crippen LogP contribution in [0.4, 0.5) is 5.13 Å². The topological polar surface area (TPSA) is 36.4 Å². The lowest BCUT2D eigenvalue weighted by Crippen LogP contribution is -2.27. The zero-order chi connectivity index (χ0) is 15.1. The van der Waals surface area contributed by atoms with Crippen molar-refractivity contribution in [2.75, 3.05) is 18.0 Å². The summed E-state index contributed by atoms with van der Waals surface area (Å²) in [6, 6.07) is 0. The maximum Gasteiger partial charge on any atom is 0.185 e. The molecule has 1 N–H and O–H groups in total. The van der Waals surface area contributed by atoms with Crippen LogP contribution in [0, 0.1) is 11.8 Å². The maximum absolute atomic E-state index is 9.43. The highest BCUT2D eigenvalue weighted by Gasteiger charge is 2.15. The molecule has 0 atom stereocenters. The molecule has 0 radical (unpaired) electrons. The van der Waals surface area contributed by atoms with E-state index in [0.717, 1.165) is 35.2 Å². The predicted octanol–water partition coefficient (Wildman–Crippen LogP) is 4.10. The molecule has 0 aliphatic heterocycles. The van der Waals surface area contributed by atoms with Gasteiger partial charge in [0.25, 0.3) is 0 Å². The van der Waals surface area contributed by atoms with Gasteiger partial charge in [0.15, 0.2) is 5.13 Å². The average molecular weight is 298 g/mol. The molecule has 0 spiro atoms. The molecule has 3 nitrogen and oxygen atoms in total. The van der Waals surface area contributed by atoms with Gasteiger partial charge in [-0.25, -0.2) is 4.98 Å². The van der Waals surface area contributed by atoms with Crippen LogP contribution in [0.15, 0.2) is 0 Å². The van der Waals surface area contributed by atoms with E-state index in [-0.39, 0.29) is 6.61 Å². The summed E-state index contributed by atoms with van der Waals surface area (Å²) in [5, 5.41) is 10.5. The number of hydrogen-bond donors (Lipinski definition) is 1. The van der Waals surface area contributed by atoms with Crippen molar-refractivity contribution in [3.63, 3.8) is 0 Å². The molecule has 0 fully saturated rings. The van der Waals surface area contributed by atoms with Gasteiger partial charge in [0.1, 0.15) is 0 Å². The van der Waals surface area contributed by atoms with Crippen molar-refractivity contribution in [3.8, 4) is 0 Å². The summed E-state index contributed by atoms with van der Waals surface area (Å²) < 4.78 is 0. The Bertz CT molecular complexity index is 354. The molecular formula is C16H30N2OS.